The minimum absolute atomic E-state index is 0.167. The Morgan fingerprint density at radius 3 is 1.23 bits per heavy atom. The van der Waals surface area contributed by atoms with Crippen LogP contribution in [0.15, 0.2) is 0 Å². The lowest BCUT2D eigenvalue weighted by molar-refractivity contribution is -1.27. The van der Waals surface area contributed by atoms with Gasteiger partial charge in [0, 0.05) is 0 Å². The maximum Gasteiger partial charge on any atom is 0.425 e. The largest absolute Gasteiger partial charge is 0.506 e. The van der Waals surface area contributed by atoms with E-state index in [1.807, 2.05) is 0 Å². The van der Waals surface area contributed by atoms with Crippen LogP contribution in [0.2, 0.25) is 0 Å². The fourth-order valence-electron chi connectivity index (χ4n) is 0.0702. The van der Waals surface area contributed by atoms with Gasteiger partial charge in [0.2, 0.25) is 0 Å². The Morgan fingerprint density at radius 2 is 1.15 bits per heavy atom. The van der Waals surface area contributed by atoms with Crippen molar-refractivity contribution in [1.29, 1.82) is 0 Å². The van der Waals surface area contributed by atoms with E-state index in [0.29, 0.717) is 0 Å². The van der Waals surface area contributed by atoms with Crippen LogP contribution >= 0.6 is 0 Å². The molecule has 0 heterocycles. The lowest BCUT2D eigenvalue weighted by Crippen LogP contribution is -2.10. The maximum atomic E-state index is 9.51. The summed E-state index contributed by atoms with van der Waals surface area (Å²) in [5, 5.41) is 0. The van der Waals surface area contributed by atoms with Gasteiger partial charge >= 0.3 is 32.1 Å². The summed E-state index contributed by atoms with van der Waals surface area (Å²) in [6, 6.07) is 0. The van der Waals surface area contributed by atoms with E-state index in [4.69, 9.17) is 18.4 Å². The summed E-state index contributed by atoms with van der Waals surface area (Å²) >= 11 is -0.167. The molecule has 0 unspecified atom stereocenters. The van der Waals surface area contributed by atoms with Crippen molar-refractivity contribution in [3.63, 3.8) is 0 Å². The highest BCUT2D eigenvalue weighted by atomic mass is 35.6. The molecule has 0 amide bonds. The Labute approximate surface area is 76.6 Å². The summed E-state index contributed by atoms with van der Waals surface area (Å²) < 4.78 is 74.1. The molecule has 0 atom stereocenters. The van der Waals surface area contributed by atoms with E-state index in [-0.39, 0.29) is 11.3 Å². The van der Waals surface area contributed by atoms with E-state index in [1.165, 1.54) is 0 Å². The molecular weight excluding hydrogens is 260 g/mol. The fraction of sp³-hybridized carbons (Fsp3) is 0. The van der Waals surface area contributed by atoms with Crippen LogP contribution in [0, 0.1) is 11.3 Å². The molecule has 13 heavy (non-hydrogen) atoms. The average Bonchev–Trinajstić information content (AvgIpc) is 1.82. The van der Waals surface area contributed by atoms with Crippen LogP contribution in [-0.4, -0.2) is 30.6 Å². The van der Waals surface area contributed by atoms with Crippen molar-refractivity contribution in [3.8, 4) is 0 Å². The van der Waals surface area contributed by atoms with Gasteiger partial charge in [-0.3, -0.25) is 9.11 Å². The zero-order valence-corrected chi connectivity index (χ0v) is 7.78. The van der Waals surface area contributed by atoms with Crippen LogP contribution in [0.5, 0.6) is 0 Å². The second-order valence-electron chi connectivity index (χ2n) is 1.06. The maximum absolute atomic E-state index is 9.51. The Balaban J connectivity index is 0. The third kappa shape index (κ3) is 24.5. The van der Waals surface area contributed by atoms with Gasteiger partial charge in [0.05, 0.1) is 0 Å². The Kier molecular flexibility index (Phi) is 7.61. The Bertz CT molecular complexity index is 262. The summed E-state index contributed by atoms with van der Waals surface area (Å²) in [5.74, 6) is 0. The molecule has 0 aliphatic rings. The van der Waals surface area contributed by atoms with Crippen LogP contribution < -0.4 is 4.66 Å². The minimum Gasteiger partial charge on any atom is -0.506 e. The highest BCUT2D eigenvalue weighted by Gasteiger charge is 2.13. The van der Waals surface area contributed by atoms with E-state index in [9.17, 15) is 16.8 Å². The van der Waals surface area contributed by atoms with Crippen molar-refractivity contribution in [2.24, 2.45) is 0 Å². The lowest BCUT2D eigenvalue weighted by Gasteiger charge is -1.92. The predicted octanol–water partition coefficient (Wildman–Crippen LogP) is -3.21. The summed E-state index contributed by atoms with van der Waals surface area (Å²) in [5.41, 5.74) is 0. The summed E-state index contributed by atoms with van der Waals surface area (Å²) in [4.78, 5) is 0. The number of hydrogen-bond donors (Lipinski definition) is 3. The van der Waals surface area contributed by atoms with E-state index in [1.54, 1.807) is 0 Å². The molecule has 0 saturated carbocycles. The second-order valence-corrected chi connectivity index (χ2v) is 3.18. The van der Waals surface area contributed by atoms with Gasteiger partial charge in [-0.15, -0.1) is 4.66 Å². The zero-order valence-electron chi connectivity index (χ0n) is 5.39. The smallest absolute Gasteiger partial charge is 0.425 e. The van der Waals surface area contributed by atoms with Crippen molar-refractivity contribution in [3.05, 3.63) is 0 Å². The van der Waals surface area contributed by atoms with Gasteiger partial charge in [-0.2, -0.15) is 16.8 Å². The second kappa shape index (κ2) is 6.41. The van der Waals surface area contributed by atoms with Crippen molar-refractivity contribution in [2.45, 2.75) is 0 Å². The number of hydrogen-bond acceptors (Lipinski definition) is 8. The molecule has 10 nitrogen and oxygen atoms in total. The van der Waals surface area contributed by atoms with Gasteiger partial charge in [0.25, 0.3) is 0 Å². The topological polar surface area (TPSA) is 170 Å². The third-order valence-electron chi connectivity index (χ3n) is 0.200. The van der Waals surface area contributed by atoms with E-state index in [2.05, 4.69) is 8.67 Å². The summed E-state index contributed by atoms with van der Waals surface area (Å²) in [6.07, 6.45) is 0. The highest BCUT2D eigenvalue weighted by Crippen LogP contribution is 1.92. The molecule has 0 rings (SSSR count). The highest BCUT2D eigenvalue weighted by molar-refractivity contribution is 7.83. The molecule has 0 aliphatic heterocycles. The normalized spacial score (nSPS) is 11.7. The first kappa shape index (κ1) is 15.4. The number of rotatable bonds is 3. The molecule has 0 bridgehead atoms. The van der Waals surface area contributed by atoms with Crippen molar-refractivity contribution >= 4 is 20.8 Å². The quantitative estimate of drug-likeness (QED) is 0.267. The third-order valence-corrected chi connectivity index (χ3v) is 0.766. The van der Waals surface area contributed by atoms with Gasteiger partial charge in [0.1, 0.15) is 0 Å². The van der Waals surface area contributed by atoms with Crippen LogP contribution in [-0.2, 0) is 29.5 Å². The lowest BCUT2D eigenvalue weighted by atomic mass is 14.9. The van der Waals surface area contributed by atoms with Gasteiger partial charge in [-0.05, 0) is 0 Å². The van der Waals surface area contributed by atoms with Crippen LogP contribution in [0.25, 0.3) is 0 Å². The van der Waals surface area contributed by atoms with E-state index < -0.39 is 20.8 Å². The van der Waals surface area contributed by atoms with E-state index >= 15 is 0 Å². The van der Waals surface area contributed by atoms with Crippen LogP contribution in [0.4, 0.5) is 0 Å². The molecule has 0 radical (unpaired) electrons. The molecule has 0 aromatic heterocycles. The van der Waals surface area contributed by atoms with Gasteiger partial charge in [-0.1, -0.05) is 8.67 Å². The van der Waals surface area contributed by atoms with Crippen LogP contribution in [0.3, 0.4) is 0 Å². The molecule has 3 N–H and O–H groups in total. The van der Waals surface area contributed by atoms with Crippen LogP contribution in [0.1, 0.15) is 0 Å². The molecule has 0 saturated heterocycles. The predicted molar refractivity (Wildman–Crippen MR) is 27.5 cm³/mol. The Morgan fingerprint density at radius 1 is 1.00 bits per heavy atom. The monoisotopic (exact) mass is 262 g/mol. The average molecular weight is 263 g/mol. The van der Waals surface area contributed by atoms with Crippen molar-refractivity contribution in [1.82, 2.24) is 0 Å². The van der Waals surface area contributed by atoms with Crippen molar-refractivity contribution < 1.29 is 55.3 Å². The molecular formula is H3ClO10S2. The fourth-order valence-corrected chi connectivity index (χ4v) is 0.632. The van der Waals surface area contributed by atoms with E-state index in [0.717, 1.165) is 0 Å². The molecule has 0 aliphatic carbocycles. The van der Waals surface area contributed by atoms with Gasteiger partial charge < -0.3 is 4.66 Å². The minimum atomic E-state index is -5.02. The molecule has 82 valence electrons. The first-order valence-corrected chi connectivity index (χ1v) is 5.23. The first-order chi connectivity index (χ1) is 5.62. The molecule has 0 spiro atoms. The van der Waals surface area contributed by atoms with Crippen molar-refractivity contribution in [2.75, 3.05) is 0 Å². The molecule has 0 fully saturated rings. The first-order valence-electron chi connectivity index (χ1n) is 1.86. The SMILES string of the molecule is O=S(=O)(O)OOS(=O)(=O)O.[O-][Cl+]O. The summed E-state index contributed by atoms with van der Waals surface area (Å²) in [6.45, 7) is 0. The molecule has 0 aromatic rings. The van der Waals surface area contributed by atoms with Gasteiger partial charge in [-0.25, -0.2) is 0 Å². The summed E-state index contributed by atoms with van der Waals surface area (Å²) in [7, 11) is -10.0. The zero-order chi connectivity index (χ0) is 11.1. The molecule has 0 aromatic carbocycles. The number of halogens is 1. The molecule has 13 heteroatoms. The standard InChI is InChI=1S/ClHO2.H2O8S2/c2-1-3;1-9(2,3)7-8-10(4,5)6/h2H;(H,1,2,3)(H,4,5,6). The Hall–Kier alpha value is -0.0500. The van der Waals surface area contributed by atoms with Gasteiger partial charge in [0.15, 0.2) is 0 Å².